The van der Waals surface area contributed by atoms with E-state index in [2.05, 4.69) is 73.9 Å². The van der Waals surface area contributed by atoms with Crippen molar-refractivity contribution in [2.24, 2.45) is 5.92 Å². The van der Waals surface area contributed by atoms with Crippen molar-refractivity contribution in [3.05, 3.63) is 89.0 Å². The minimum absolute atomic E-state index is 0.00245. The van der Waals surface area contributed by atoms with Gasteiger partial charge in [0.1, 0.15) is 11.4 Å². The second kappa shape index (κ2) is 19.9. The molecule has 3 aromatic carbocycles. The van der Waals surface area contributed by atoms with Gasteiger partial charge in [0.15, 0.2) is 12.4 Å². The van der Waals surface area contributed by atoms with Gasteiger partial charge >= 0.3 is 0 Å². The van der Waals surface area contributed by atoms with Gasteiger partial charge in [0.05, 0.1) is 31.8 Å². The predicted molar refractivity (Wildman–Crippen MR) is 230 cm³/mol. The van der Waals surface area contributed by atoms with Crippen LogP contribution in [0.15, 0.2) is 66.7 Å². The van der Waals surface area contributed by atoms with Crippen molar-refractivity contribution >= 4 is 23.4 Å². The van der Waals surface area contributed by atoms with E-state index in [9.17, 15) is 19.5 Å². The molecule has 4 fully saturated rings. The zero-order chi connectivity index (χ0) is 41.3. The van der Waals surface area contributed by atoms with Crippen LogP contribution in [0.4, 0.5) is 5.69 Å². The van der Waals surface area contributed by atoms with E-state index in [1.165, 1.54) is 23.1 Å². The van der Waals surface area contributed by atoms with Gasteiger partial charge in [-0.2, -0.15) is 0 Å². The largest absolute Gasteiger partial charge is 0.506 e. The Morgan fingerprint density at radius 3 is 2.58 bits per heavy atom. The van der Waals surface area contributed by atoms with Crippen LogP contribution in [0.1, 0.15) is 86.0 Å². The third-order valence-electron chi connectivity index (χ3n) is 13.3. The summed E-state index contributed by atoms with van der Waals surface area (Å²) in [5.41, 5.74) is 4.83. The number of amides is 3. The Kier molecular flexibility index (Phi) is 14.0. The molecule has 322 valence electrons. The molecule has 12 heteroatoms. The summed E-state index contributed by atoms with van der Waals surface area (Å²) in [5.74, 6) is 1.19. The summed E-state index contributed by atoms with van der Waals surface area (Å²) < 4.78 is 18.1. The maximum atomic E-state index is 13.6. The van der Waals surface area contributed by atoms with Crippen LogP contribution in [0.25, 0.3) is 0 Å². The summed E-state index contributed by atoms with van der Waals surface area (Å²) in [7, 11) is 0. The van der Waals surface area contributed by atoms with E-state index >= 15 is 0 Å². The molecule has 1 spiro atoms. The number of anilines is 1. The number of phenolic OH excluding ortho intramolecular Hbond substituents is 1. The Balaban J connectivity index is 0.735. The fourth-order valence-electron chi connectivity index (χ4n) is 9.82. The number of nitrogens with one attached hydrogen (secondary N) is 2. The molecule has 0 radical (unpaired) electrons. The van der Waals surface area contributed by atoms with Gasteiger partial charge in [0.25, 0.3) is 5.91 Å². The van der Waals surface area contributed by atoms with Crippen LogP contribution in [0.3, 0.4) is 0 Å². The number of morpholine rings is 1. The molecule has 2 aliphatic carbocycles. The number of fused-ring (bicyclic) bond motifs is 1. The molecule has 12 nitrogen and oxygen atoms in total. The summed E-state index contributed by atoms with van der Waals surface area (Å²) >= 11 is 0. The fourth-order valence-corrected chi connectivity index (χ4v) is 9.82. The summed E-state index contributed by atoms with van der Waals surface area (Å²) in [6.45, 7) is 7.74. The molecule has 2 saturated carbocycles. The molecule has 3 N–H and O–H groups in total. The summed E-state index contributed by atoms with van der Waals surface area (Å²) in [6.07, 6.45) is 10.3. The van der Waals surface area contributed by atoms with Crippen LogP contribution in [-0.4, -0.2) is 121 Å². The molecular weight excluding hydrogens is 759 g/mol. The van der Waals surface area contributed by atoms with Crippen molar-refractivity contribution in [1.82, 2.24) is 20.0 Å². The highest BCUT2D eigenvalue weighted by atomic mass is 16.5. The molecule has 3 aliphatic heterocycles. The second-order valence-corrected chi connectivity index (χ2v) is 17.5. The molecule has 3 heterocycles. The number of carbonyl (C=O) groups is 3. The van der Waals surface area contributed by atoms with Gasteiger partial charge in [-0.25, -0.2) is 0 Å². The SMILES string of the molecule is O=C1COc2c(CCNCCN(C(=O)CCOCCc3cccc(CN4CCC5(CC4)CN(C(=O)[C@@H]4C[C@H]4c4ccccc4)CCO5)c3)C3CCCCC3)ccc(O)c2N1. The number of hydrogen-bond acceptors (Lipinski definition) is 9. The minimum Gasteiger partial charge on any atom is -0.506 e. The number of hydrogen-bond donors (Lipinski definition) is 3. The van der Waals surface area contributed by atoms with Crippen LogP contribution in [-0.2, 0) is 43.2 Å². The first-order valence-electron chi connectivity index (χ1n) is 22.5. The van der Waals surface area contributed by atoms with Crippen LogP contribution < -0.4 is 15.4 Å². The van der Waals surface area contributed by atoms with E-state index in [0.29, 0.717) is 88.6 Å². The van der Waals surface area contributed by atoms with Crippen molar-refractivity contribution in [2.45, 2.75) is 94.7 Å². The zero-order valence-electron chi connectivity index (χ0n) is 35.1. The smallest absolute Gasteiger partial charge is 0.262 e. The molecule has 0 aromatic heterocycles. The van der Waals surface area contributed by atoms with Crippen molar-refractivity contribution in [3.8, 4) is 11.5 Å². The molecule has 2 saturated heterocycles. The number of aromatic hydroxyl groups is 1. The fraction of sp³-hybridized carbons (Fsp3) is 0.562. The molecule has 0 bridgehead atoms. The van der Waals surface area contributed by atoms with Gasteiger partial charge in [-0.1, -0.05) is 79.9 Å². The number of rotatable bonds is 17. The summed E-state index contributed by atoms with van der Waals surface area (Å²) in [5, 5.41) is 16.4. The van der Waals surface area contributed by atoms with Gasteiger partial charge in [-0.15, -0.1) is 0 Å². The minimum atomic E-state index is -0.278. The first-order chi connectivity index (χ1) is 29.3. The van der Waals surface area contributed by atoms with Crippen molar-refractivity contribution in [3.63, 3.8) is 0 Å². The normalized spacial score (nSPS) is 21.5. The van der Waals surface area contributed by atoms with Gasteiger partial charge in [0, 0.05) is 57.8 Å². The highest BCUT2D eigenvalue weighted by Crippen LogP contribution is 2.49. The third kappa shape index (κ3) is 10.7. The Hall–Kier alpha value is -4.49. The Bertz CT molecular complexity index is 1930. The van der Waals surface area contributed by atoms with Gasteiger partial charge in [-0.3, -0.25) is 19.3 Å². The Labute approximate surface area is 354 Å². The molecule has 2 atom stereocenters. The summed E-state index contributed by atoms with van der Waals surface area (Å²) in [6, 6.07) is 22.9. The monoisotopic (exact) mass is 821 g/mol. The third-order valence-corrected chi connectivity index (χ3v) is 13.3. The average molecular weight is 822 g/mol. The lowest BCUT2D eigenvalue weighted by molar-refractivity contribution is -0.160. The van der Waals surface area contributed by atoms with Crippen molar-refractivity contribution in [2.75, 3.05) is 77.6 Å². The van der Waals surface area contributed by atoms with E-state index in [-0.39, 0.29) is 41.7 Å². The second-order valence-electron chi connectivity index (χ2n) is 17.5. The molecule has 60 heavy (non-hydrogen) atoms. The maximum Gasteiger partial charge on any atom is 0.262 e. The van der Waals surface area contributed by atoms with Gasteiger partial charge in [-0.05, 0) is 85.7 Å². The first-order valence-corrected chi connectivity index (χ1v) is 22.5. The lowest BCUT2D eigenvalue weighted by Gasteiger charge is -2.47. The number of nitrogens with zero attached hydrogens (tertiary/aromatic N) is 3. The maximum absolute atomic E-state index is 13.6. The lowest BCUT2D eigenvalue weighted by atomic mass is 9.89. The standard InChI is InChI=1S/C48H63N5O7/c54-42-15-14-38(46-45(42)50-43(55)33-59-46)16-21-49-22-25-53(39-12-5-2-6-13-39)44(56)18-28-58-27-17-35-8-7-9-36(30-35)32-51-23-19-48(20-24-51)34-52(26-29-60-48)47(57)41-31-40(41)37-10-3-1-4-11-37/h1,3-4,7-11,14-15,30,39-41,49,54H,2,5-6,12-13,16-29,31-34H2,(H,50,55)/t40-,41+/m0/s1. The van der Waals surface area contributed by atoms with E-state index in [0.717, 1.165) is 76.6 Å². The first kappa shape index (κ1) is 42.2. The zero-order valence-corrected chi connectivity index (χ0v) is 35.1. The Morgan fingerprint density at radius 1 is 0.933 bits per heavy atom. The number of piperidine rings is 1. The van der Waals surface area contributed by atoms with Crippen LogP contribution in [0.5, 0.6) is 11.5 Å². The van der Waals surface area contributed by atoms with Crippen molar-refractivity contribution < 1.29 is 33.7 Å². The van der Waals surface area contributed by atoms with E-state index in [1.807, 2.05) is 12.1 Å². The molecule has 8 rings (SSSR count). The molecule has 0 unspecified atom stereocenters. The van der Waals surface area contributed by atoms with Crippen LogP contribution in [0, 0.1) is 5.92 Å². The number of carbonyl (C=O) groups excluding carboxylic acids is 3. The number of phenols is 1. The quantitative estimate of drug-likeness (QED) is 0.117. The van der Waals surface area contributed by atoms with Crippen LogP contribution >= 0.6 is 0 Å². The molecule has 3 amide bonds. The highest BCUT2D eigenvalue weighted by molar-refractivity contribution is 5.97. The summed E-state index contributed by atoms with van der Waals surface area (Å²) in [4.78, 5) is 45.5. The van der Waals surface area contributed by atoms with E-state index in [4.69, 9.17) is 14.2 Å². The average Bonchev–Trinajstić information content (AvgIpc) is 4.08. The number of likely N-dealkylation sites (tertiary alicyclic amines) is 1. The Morgan fingerprint density at radius 2 is 1.75 bits per heavy atom. The molecular formula is C48H63N5O7. The van der Waals surface area contributed by atoms with E-state index in [1.54, 1.807) is 6.07 Å². The van der Waals surface area contributed by atoms with E-state index < -0.39 is 0 Å². The molecule has 5 aliphatic rings. The van der Waals surface area contributed by atoms with Crippen LogP contribution in [0.2, 0.25) is 0 Å². The number of benzene rings is 3. The lowest BCUT2D eigenvalue weighted by Crippen LogP contribution is -2.58. The highest BCUT2D eigenvalue weighted by Gasteiger charge is 2.49. The molecule has 3 aromatic rings. The number of ether oxygens (including phenoxy) is 3. The van der Waals surface area contributed by atoms with Gasteiger partial charge in [0.2, 0.25) is 11.8 Å². The predicted octanol–water partition coefficient (Wildman–Crippen LogP) is 5.66. The topological polar surface area (TPSA) is 133 Å². The van der Waals surface area contributed by atoms with Crippen molar-refractivity contribution in [1.29, 1.82) is 0 Å². The van der Waals surface area contributed by atoms with Gasteiger partial charge < -0.3 is 39.8 Å².